The van der Waals surface area contributed by atoms with Crippen LogP contribution in [0.25, 0.3) is 0 Å². The molecule has 1 saturated heterocycles. The minimum absolute atomic E-state index is 0.0842. The molecule has 0 saturated carbocycles. The second-order valence-corrected chi connectivity index (χ2v) is 5.25. The Hall–Kier alpha value is -0.130. The molecule has 0 radical (unpaired) electrons. The molecule has 0 aromatic heterocycles. The van der Waals surface area contributed by atoms with Gasteiger partial charge in [-0.1, -0.05) is 0 Å². The molecule has 4 nitrogen and oxygen atoms in total. The number of hydrogen-bond acceptors (Lipinski definition) is 5. The Labute approximate surface area is 83.1 Å². The first-order chi connectivity index (χ1) is 6.14. The lowest BCUT2D eigenvalue weighted by molar-refractivity contribution is 0.0350. The Balaban J connectivity index is 2.32. The van der Waals surface area contributed by atoms with Gasteiger partial charge in [0.25, 0.3) is 0 Å². The zero-order valence-electron chi connectivity index (χ0n) is 8.15. The van der Waals surface area contributed by atoms with Crippen molar-refractivity contribution in [1.29, 1.82) is 0 Å². The van der Waals surface area contributed by atoms with Crippen LogP contribution >= 0.6 is 11.9 Å². The summed E-state index contributed by atoms with van der Waals surface area (Å²) in [6.45, 7) is 8.49. The second-order valence-electron chi connectivity index (χ2n) is 3.81. The molecule has 1 heterocycles. The van der Waals surface area contributed by atoms with Gasteiger partial charge in [-0.3, -0.25) is 4.90 Å². The van der Waals surface area contributed by atoms with Gasteiger partial charge in [-0.15, -0.1) is 4.91 Å². The van der Waals surface area contributed by atoms with E-state index >= 15 is 0 Å². The summed E-state index contributed by atoms with van der Waals surface area (Å²) in [5.74, 6) is 0. The fraction of sp³-hybridized carbons (Fsp3) is 1.00. The fourth-order valence-electron chi connectivity index (χ4n) is 1.43. The summed E-state index contributed by atoms with van der Waals surface area (Å²) < 4.78 is 8.04. The lowest BCUT2D eigenvalue weighted by Crippen LogP contribution is -2.43. The summed E-state index contributed by atoms with van der Waals surface area (Å²) in [7, 11) is 0. The second kappa shape index (κ2) is 4.93. The molecule has 0 aromatic rings. The van der Waals surface area contributed by atoms with E-state index in [2.05, 4.69) is 9.48 Å². The smallest absolute Gasteiger partial charge is 0.0594 e. The number of hydrogen-bond donors (Lipinski definition) is 0. The van der Waals surface area contributed by atoms with Crippen molar-refractivity contribution in [3.63, 3.8) is 0 Å². The summed E-state index contributed by atoms with van der Waals surface area (Å²) in [6.07, 6.45) is 0. The van der Waals surface area contributed by atoms with Gasteiger partial charge in [-0.2, -0.15) is 0 Å². The van der Waals surface area contributed by atoms with Gasteiger partial charge < -0.3 is 4.74 Å². The molecule has 0 N–H and O–H groups in total. The summed E-state index contributed by atoms with van der Waals surface area (Å²) in [5.41, 5.74) is 0. The molecule has 13 heavy (non-hydrogen) atoms. The first kappa shape index (κ1) is 10.9. The third kappa shape index (κ3) is 4.06. The molecular formula is C8H16N2O2S. The zero-order valence-corrected chi connectivity index (χ0v) is 8.97. The predicted octanol–water partition coefficient (Wildman–Crippen LogP) is 1.51. The molecule has 0 bridgehead atoms. The van der Waals surface area contributed by atoms with Crippen LogP contribution in [0.2, 0.25) is 0 Å². The van der Waals surface area contributed by atoms with Gasteiger partial charge >= 0.3 is 0 Å². The molecule has 1 aliphatic rings. The Morgan fingerprint density at radius 3 is 2.62 bits per heavy atom. The van der Waals surface area contributed by atoms with Crippen LogP contribution in [0.1, 0.15) is 13.8 Å². The molecule has 0 spiro atoms. The highest BCUT2D eigenvalue weighted by molar-refractivity contribution is 7.99. The zero-order chi connectivity index (χ0) is 9.73. The normalized spacial score (nSPS) is 20.2. The van der Waals surface area contributed by atoms with Crippen LogP contribution in [0.5, 0.6) is 0 Å². The first-order valence-corrected chi connectivity index (χ1v) is 5.22. The highest BCUT2D eigenvalue weighted by Crippen LogP contribution is 2.26. The van der Waals surface area contributed by atoms with E-state index in [4.69, 9.17) is 4.74 Å². The lowest BCUT2D eigenvalue weighted by atomic mass is 10.2. The topological polar surface area (TPSA) is 41.9 Å². The maximum atomic E-state index is 10.1. The van der Waals surface area contributed by atoms with E-state index in [0.29, 0.717) is 0 Å². The van der Waals surface area contributed by atoms with E-state index < -0.39 is 0 Å². The summed E-state index contributed by atoms with van der Waals surface area (Å²) >= 11 is 1.11. The van der Waals surface area contributed by atoms with E-state index in [1.807, 2.05) is 13.8 Å². The van der Waals surface area contributed by atoms with E-state index in [1.54, 1.807) is 0 Å². The average molecular weight is 204 g/mol. The van der Waals surface area contributed by atoms with Crippen molar-refractivity contribution in [2.24, 2.45) is 4.58 Å². The number of nitrogens with zero attached hydrogens (tertiary/aromatic N) is 2. The maximum Gasteiger partial charge on any atom is 0.0594 e. The van der Waals surface area contributed by atoms with Gasteiger partial charge in [0, 0.05) is 40.9 Å². The number of nitroso groups, excluding NO2 is 1. The highest BCUT2D eigenvalue weighted by atomic mass is 32.2. The van der Waals surface area contributed by atoms with E-state index in [1.165, 1.54) is 0 Å². The maximum absolute atomic E-state index is 10.1. The summed E-state index contributed by atoms with van der Waals surface area (Å²) in [6, 6.07) is 0. The van der Waals surface area contributed by atoms with Crippen molar-refractivity contribution in [2.75, 3.05) is 32.8 Å². The average Bonchev–Trinajstić information content (AvgIpc) is 2.04. The first-order valence-electron chi connectivity index (χ1n) is 4.45. The third-order valence-corrected chi connectivity index (χ3v) is 2.69. The van der Waals surface area contributed by atoms with Crippen LogP contribution in [0.4, 0.5) is 0 Å². The van der Waals surface area contributed by atoms with E-state index in [0.717, 1.165) is 44.8 Å². The molecule has 5 heteroatoms. The number of ether oxygens (including phenoxy) is 1. The van der Waals surface area contributed by atoms with Crippen LogP contribution in [0, 0.1) is 4.91 Å². The monoisotopic (exact) mass is 204 g/mol. The quantitative estimate of drug-likeness (QED) is 0.514. The van der Waals surface area contributed by atoms with Crippen molar-refractivity contribution >= 4 is 11.9 Å². The lowest BCUT2D eigenvalue weighted by Gasteiger charge is -2.32. The molecule has 1 fully saturated rings. The number of morpholine rings is 1. The fourth-order valence-corrected chi connectivity index (χ4v) is 1.87. The molecule has 0 atom stereocenters. The van der Waals surface area contributed by atoms with Crippen molar-refractivity contribution in [3.8, 4) is 0 Å². The SMILES string of the molecule is CC(C)(CN1CCOCC1)SN=O. The van der Waals surface area contributed by atoms with Crippen LogP contribution in [-0.4, -0.2) is 42.5 Å². The van der Waals surface area contributed by atoms with Crippen LogP contribution < -0.4 is 0 Å². The molecule has 1 rings (SSSR count). The Morgan fingerprint density at radius 2 is 2.08 bits per heavy atom. The highest BCUT2D eigenvalue weighted by Gasteiger charge is 2.24. The van der Waals surface area contributed by atoms with Crippen LogP contribution in [0.15, 0.2) is 4.58 Å². The molecule has 0 unspecified atom stereocenters. The van der Waals surface area contributed by atoms with Crippen molar-refractivity contribution < 1.29 is 4.74 Å². The molecular weight excluding hydrogens is 188 g/mol. The third-order valence-electron chi connectivity index (χ3n) is 1.99. The minimum atomic E-state index is -0.0842. The van der Waals surface area contributed by atoms with E-state index in [-0.39, 0.29) is 4.75 Å². The Bertz CT molecular complexity index is 170. The summed E-state index contributed by atoms with van der Waals surface area (Å²) in [5, 5.41) is 0. The molecule has 0 amide bonds. The molecule has 76 valence electrons. The van der Waals surface area contributed by atoms with Crippen molar-refractivity contribution in [1.82, 2.24) is 4.90 Å². The largest absolute Gasteiger partial charge is 0.379 e. The van der Waals surface area contributed by atoms with Gasteiger partial charge in [0.05, 0.1) is 13.2 Å². The van der Waals surface area contributed by atoms with Gasteiger partial charge in [-0.05, 0) is 13.8 Å². The molecule has 0 aliphatic carbocycles. The standard InChI is InChI=1S/C8H16N2O2S/c1-8(2,13-9-11)7-10-3-5-12-6-4-10/h3-7H2,1-2H3. The van der Waals surface area contributed by atoms with Crippen LogP contribution in [0.3, 0.4) is 0 Å². The van der Waals surface area contributed by atoms with Gasteiger partial charge in [0.1, 0.15) is 0 Å². The van der Waals surface area contributed by atoms with Gasteiger partial charge in [-0.25, -0.2) is 0 Å². The van der Waals surface area contributed by atoms with Crippen LogP contribution in [-0.2, 0) is 4.74 Å². The Kier molecular flexibility index (Phi) is 4.15. The van der Waals surface area contributed by atoms with Gasteiger partial charge in [0.2, 0.25) is 0 Å². The molecule has 1 aliphatic heterocycles. The van der Waals surface area contributed by atoms with Gasteiger partial charge in [0.15, 0.2) is 0 Å². The number of rotatable bonds is 4. The molecule has 0 aromatic carbocycles. The predicted molar refractivity (Wildman–Crippen MR) is 54.7 cm³/mol. The minimum Gasteiger partial charge on any atom is -0.379 e. The summed E-state index contributed by atoms with van der Waals surface area (Å²) in [4.78, 5) is 12.4. The van der Waals surface area contributed by atoms with Crippen molar-refractivity contribution in [3.05, 3.63) is 4.91 Å². The van der Waals surface area contributed by atoms with Crippen molar-refractivity contribution in [2.45, 2.75) is 18.6 Å². The Morgan fingerprint density at radius 1 is 1.46 bits per heavy atom. The van der Waals surface area contributed by atoms with E-state index in [9.17, 15) is 4.91 Å².